The number of aromatic nitrogens is 4. The Bertz CT molecular complexity index is 766. The standard InChI is InChI=1S/C14H14N4OS/c1-9-10(2)19-12(15-9)8-18-13(16-17-14(18)20)11-6-4-3-5-7-11/h3-7H,8H2,1-2H3,(H,17,20). The smallest absolute Gasteiger partial charge is 0.214 e. The second-order valence-corrected chi connectivity index (χ2v) is 4.94. The lowest BCUT2D eigenvalue weighted by atomic mass is 10.2. The molecule has 2 heterocycles. The first-order valence-corrected chi connectivity index (χ1v) is 6.69. The topological polar surface area (TPSA) is 59.6 Å². The van der Waals surface area contributed by atoms with Gasteiger partial charge in [0.25, 0.3) is 0 Å². The maximum Gasteiger partial charge on any atom is 0.214 e. The summed E-state index contributed by atoms with van der Waals surface area (Å²) >= 11 is 5.29. The van der Waals surface area contributed by atoms with E-state index in [2.05, 4.69) is 15.2 Å². The van der Waals surface area contributed by atoms with Crippen LogP contribution in [0.4, 0.5) is 0 Å². The Hall–Kier alpha value is -2.21. The summed E-state index contributed by atoms with van der Waals surface area (Å²) in [6, 6.07) is 9.89. The summed E-state index contributed by atoms with van der Waals surface area (Å²) in [6.45, 7) is 4.29. The number of aryl methyl sites for hydroxylation is 2. The van der Waals surface area contributed by atoms with Crippen molar-refractivity contribution in [1.29, 1.82) is 0 Å². The fraction of sp³-hybridized carbons (Fsp3) is 0.214. The zero-order valence-electron chi connectivity index (χ0n) is 11.3. The first-order valence-electron chi connectivity index (χ1n) is 6.28. The van der Waals surface area contributed by atoms with Crippen LogP contribution in [-0.2, 0) is 6.54 Å². The molecule has 6 heteroatoms. The van der Waals surface area contributed by atoms with Gasteiger partial charge >= 0.3 is 0 Å². The number of H-pyrrole nitrogens is 1. The van der Waals surface area contributed by atoms with E-state index in [9.17, 15) is 0 Å². The maximum atomic E-state index is 5.61. The Kier molecular flexibility index (Phi) is 3.23. The molecule has 0 atom stereocenters. The third kappa shape index (κ3) is 2.30. The molecule has 5 nitrogen and oxygen atoms in total. The number of nitrogens with one attached hydrogen (secondary N) is 1. The van der Waals surface area contributed by atoms with Crippen molar-refractivity contribution in [2.45, 2.75) is 20.4 Å². The maximum absolute atomic E-state index is 5.61. The Morgan fingerprint density at radius 3 is 2.65 bits per heavy atom. The minimum atomic E-state index is 0.467. The van der Waals surface area contributed by atoms with E-state index in [-0.39, 0.29) is 0 Å². The zero-order valence-corrected chi connectivity index (χ0v) is 12.1. The van der Waals surface area contributed by atoms with Crippen LogP contribution in [0.2, 0.25) is 0 Å². The molecule has 0 aliphatic carbocycles. The largest absolute Gasteiger partial charge is 0.444 e. The van der Waals surface area contributed by atoms with E-state index >= 15 is 0 Å². The number of aromatic amines is 1. The molecule has 0 aliphatic heterocycles. The van der Waals surface area contributed by atoms with Gasteiger partial charge in [0.1, 0.15) is 12.3 Å². The normalized spacial score (nSPS) is 10.9. The van der Waals surface area contributed by atoms with Crippen LogP contribution in [-0.4, -0.2) is 19.7 Å². The predicted octanol–water partition coefficient (Wildman–Crippen LogP) is 3.26. The van der Waals surface area contributed by atoms with E-state index in [1.54, 1.807) is 0 Å². The molecule has 102 valence electrons. The number of oxazole rings is 1. The first-order chi connectivity index (χ1) is 9.65. The van der Waals surface area contributed by atoms with Gasteiger partial charge in [-0.05, 0) is 26.1 Å². The van der Waals surface area contributed by atoms with E-state index < -0.39 is 0 Å². The predicted molar refractivity (Wildman–Crippen MR) is 77.9 cm³/mol. The summed E-state index contributed by atoms with van der Waals surface area (Å²) < 4.78 is 8.05. The highest BCUT2D eigenvalue weighted by atomic mass is 32.1. The minimum Gasteiger partial charge on any atom is -0.444 e. The number of hydrogen-bond acceptors (Lipinski definition) is 4. The molecule has 0 spiro atoms. The van der Waals surface area contributed by atoms with Crippen LogP contribution < -0.4 is 0 Å². The monoisotopic (exact) mass is 286 g/mol. The van der Waals surface area contributed by atoms with Gasteiger partial charge < -0.3 is 4.42 Å². The Balaban J connectivity index is 2.02. The van der Waals surface area contributed by atoms with Crippen LogP contribution in [0.1, 0.15) is 17.3 Å². The van der Waals surface area contributed by atoms with E-state index in [0.29, 0.717) is 17.2 Å². The van der Waals surface area contributed by atoms with Crippen LogP contribution in [0.15, 0.2) is 34.7 Å². The van der Waals surface area contributed by atoms with Crippen molar-refractivity contribution in [2.24, 2.45) is 0 Å². The average molecular weight is 286 g/mol. The molecule has 3 aromatic rings. The molecular weight excluding hydrogens is 272 g/mol. The Morgan fingerprint density at radius 1 is 1.25 bits per heavy atom. The van der Waals surface area contributed by atoms with Gasteiger partial charge in [0.05, 0.1) is 5.69 Å². The van der Waals surface area contributed by atoms with Gasteiger partial charge in [0, 0.05) is 5.56 Å². The van der Waals surface area contributed by atoms with E-state index in [1.165, 1.54) is 0 Å². The van der Waals surface area contributed by atoms with Crippen molar-refractivity contribution >= 4 is 12.2 Å². The third-order valence-electron chi connectivity index (χ3n) is 3.16. The van der Waals surface area contributed by atoms with Gasteiger partial charge in [-0.25, -0.2) is 4.98 Å². The van der Waals surface area contributed by atoms with Crippen molar-refractivity contribution in [3.63, 3.8) is 0 Å². The lowest BCUT2D eigenvalue weighted by molar-refractivity contribution is 0.456. The van der Waals surface area contributed by atoms with Gasteiger partial charge in [-0.2, -0.15) is 5.10 Å². The summed E-state index contributed by atoms with van der Waals surface area (Å²) in [4.78, 5) is 4.39. The lowest BCUT2D eigenvalue weighted by Crippen LogP contribution is -2.02. The second-order valence-electron chi connectivity index (χ2n) is 4.55. The molecule has 0 aliphatic rings. The fourth-order valence-electron chi connectivity index (χ4n) is 2.01. The van der Waals surface area contributed by atoms with Gasteiger partial charge in [0.2, 0.25) is 5.89 Å². The van der Waals surface area contributed by atoms with Crippen molar-refractivity contribution < 1.29 is 4.42 Å². The quantitative estimate of drug-likeness (QED) is 0.751. The van der Waals surface area contributed by atoms with Crippen LogP contribution in [0, 0.1) is 18.6 Å². The van der Waals surface area contributed by atoms with Crippen LogP contribution in [0.25, 0.3) is 11.4 Å². The molecule has 0 unspecified atom stereocenters. The summed E-state index contributed by atoms with van der Waals surface area (Å²) in [5.74, 6) is 2.25. The third-order valence-corrected chi connectivity index (χ3v) is 3.47. The van der Waals surface area contributed by atoms with E-state index in [4.69, 9.17) is 16.6 Å². The van der Waals surface area contributed by atoms with Crippen molar-refractivity contribution in [2.75, 3.05) is 0 Å². The van der Waals surface area contributed by atoms with Crippen LogP contribution >= 0.6 is 12.2 Å². The molecule has 0 saturated carbocycles. The molecule has 0 radical (unpaired) electrons. The van der Waals surface area contributed by atoms with Gasteiger partial charge in [-0.3, -0.25) is 9.67 Å². The highest BCUT2D eigenvalue weighted by Gasteiger charge is 2.12. The summed E-state index contributed by atoms with van der Waals surface area (Å²) in [5.41, 5.74) is 1.90. The SMILES string of the molecule is Cc1nc(Cn2c(-c3ccccc3)n[nH]c2=S)oc1C. The van der Waals surface area contributed by atoms with Crippen molar-refractivity contribution in [1.82, 2.24) is 19.7 Å². The molecule has 1 aromatic carbocycles. The Labute approximate surface area is 121 Å². The van der Waals surface area contributed by atoms with Crippen molar-refractivity contribution in [3.05, 3.63) is 52.4 Å². The molecule has 1 N–H and O–H groups in total. The van der Waals surface area contributed by atoms with E-state index in [0.717, 1.165) is 22.8 Å². The summed E-state index contributed by atoms with van der Waals surface area (Å²) in [5, 5.41) is 7.11. The lowest BCUT2D eigenvalue weighted by Gasteiger charge is -2.04. The molecule has 3 rings (SSSR count). The molecule has 0 amide bonds. The van der Waals surface area contributed by atoms with Crippen LogP contribution in [0.5, 0.6) is 0 Å². The number of benzene rings is 1. The minimum absolute atomic E-state index is 0.467. The van der Waals surface area contributed by atoms with Gasteiger partial charge in [-0.15, -0.1) is 0 Å². The summed E-state index contributed by atoms with van der Waals surface area (Å²) in [6.07, 6.45) is 0. The molecule has 0 bridgehead atoms. The fourth-order valence-corrected chi connectivity index (χ4v) is 2.21. The second kappa shape index (κ2) is 5.05. The highest BCUT2D eigenvalue weighted by molar-refractivity contribution is 7.71. The number of hydrogen-bond donors (Lipinski definition) is 1. The molecule has 20 heavy (non-hydrogen) atoms. The summed E-state index contributed by atoms with van der Waals surface area (Å²) in [7, 11) is 0. The molecule has 2 aromatic heterocycles. The van der Waals surface area contributed by atoms with Crippen LogP contribution in [0.3, 0.4) is 0 Å². The average Bonchev–Trinajstić information content (AvgIpc) is 2.96. The van der Waals surface area contributed by atoms with Crippen molar-refractivity contribution in [3.8, 4) is 11.4 Å². The number of nitrogens with zero attached hydrogens (tertiary/aromatic N) is 3. The zero-order chi connectivity index (χ0) is 14.1. The van der Waals surface area contributed by atoms with Gasteiger partial charge in [-0.1, -0.05) is 30.3 Å². The number of rotatable bonds is 3. The van der Waals surface area contributed by atoms with Gasteiger partial charge in [0.15, 0.2) is 10.6 Å². The highest BCUT2D eigenvalue weighted by Crippen LogP contribution is 2.18. The first kappa shape index (κ1) is 12.8. The van der Waals surface area contributed by atoms with E-state index in [1.807, 2.05) is 48.7 Å². The molecule has 0 saturated heterocycles. The molecule has 0 fully saturated rings. The Morgan fingerprint density at radius 2 is 2.00 bits per heavy atom. The molecular formula is C14H14N4OS.